The second-order valence-electron chi connectivity index (χ2n) is 7.01. The van der Waals surface area contributed by atoms with Crippen LogP contribution in [0.1, 0.15) is 26.2 Å². The van der Waals surface area contributed by atoms with Crippen molar-refractivity contribution in [3.63, 3.8) is 0 Å². The molecule has 2 unspecified atom stereocenters. The maximum Gasteiger partial charge on any atom is 0.241 e. The molecule has 0 aromatic heterocycles. The van der Waals surface area contributed by atoms with Crippen LogP contribution in [0.3, 0.4) is 0 Å². The van der Waals surface area contributed by atoms with Gasteiger partial charge in [0.25, 0.3) is 0 Å². The molecular weight excluding hydrogens is 352 g/mol. The van der Waals surface area contributed by atoms with Crippen molar-refractivity contribution in [2.75, 3.05) is 39.3 Å². The number of carbonyl (C=O) groups is 1. The van der Waals surface area contributed by atoms with Crippen LogP contribution in [0.25, 0.3) is 0 Å². The lowest BCUT2D eigenvalue weighted by atomic mass is 10.1. The fourth-order valence-corrected chi connectivity index (χ4v) is 3.77. The zero-order valence-electron chi connectivity index (χ0n) is 15.4. The number of para-hydroxylation sites is 1. The van der Waals surface area contributed by atoms with Crippen molar-refractivity contribution in [1.82, 2.24) is 20.7 Å². The summed E-state index contributed by atoms with van der Waals surface area (Å²) < 4.78 is 5.76. The number of nitrogens with zero attached hydrogens (tertiary/aromatic N) is 2. The number of hydrogen-bond donors (Lipinski definition) is 2. The SMILES string of the molecule is CCCC1CC(C(=O)N2CCN(CCOc3ccccc3Cl)CC2)NN1. The Labute approximate surface area is 160 Å². The Morgan fingerprint density at radius 1 is 1.23 bits per heavy atom. The van der Waals surface area contributed by atoms with Crippen molar-refractivity contribution in [2.24, 2.45) is 0 Å². The molecule has 1 amide bonds. The molecule has 0 spiro atoms. The number of carbonyl (C=O) groups excluding carboxylic acids is 1. The van der Waals surface area contributed by atoms with Gasteiger partial charge in [0, 0.05) is 38.8 Å². The summed E-state index contributed by atoms with van der Waals surface area (Å²) in [7, 11) is 0. The molecule has 0 bridgehead atoms. The zero-order valence-corrected chi connectivity index (χ0v) is 16.2. The first-order chi connectivity index (χ1) is 12.7. The van der Waals surface area contributed by atoms with Crippen LogP contribution in [0.2, 0.25) is 5.02 Å². The van der Waals surface area contributed by atoms with Gasteiger partial charge in [0.15, 0.2) is 0 Å². The fraction of sp³-hybridized carbons (Fsp3) is 0.632. The Hall–Kier alpha value is -1.34. The molecule has 1 aromatic rings. The minimum absolute atomic E-state index is 0.0818. The Balaban J connectivity index is 1.36. The normalized spacial score (nSPS) is 24.0. The Morgan fingerprint density at radius 3 is 2.73 bits per heavy atom. The molecule has 2 atom stereocenters. The highest BCUT2D eigenvalue weighted by atomic mass is 35.5. The molecule has 0 saturated carbocycles. The van der Waals surface area contributed by atoms with Crippen LogP contribution < -0.4 is 15.6 Å². The van der Waals surface area contributed by atoms with Crippen LogP contribution in [0.15, 0.2) is 24.3 Å². The summed E-state index contributed by atoms with van der Waals surface area (Å²) in [5, 5.41) is 0.641. The Kier molecular flexibility index (Phi) is 7.14. The Morgan fingerprint density at radius 2 is 2.00 bits per heavy atom. The maximum atomic E-state index is 12.7. The first kappa shape index (κ1) is 19.4. The standard InChI is InChI=1S/C19H29ClN4O2/c1-2-5-15-14-17(22-21-15)19(25)24-10-8-23(9-11-24)12-13-26-18-7-4-3-6-16(18)20/h3-4,6-7,15,17,21-22H,2,5,8-14H2,1H3. The number of piperazine rings is 1. The van der Waals surface area contributed by atoms with Gasteiger partial charge in [-0.05, 0) is 25.0 Å². The lowest BCUT2D eigenvalue weighted by Crippen LogP contribution is -2.54. The molecule has 1 aromatic carbocycles. The van der Waals surface area contributed by atoms with E-state index in [9.17, 15) is 4.79 Å². The second kappa shape index (κ2) is 9.55. The summed E-state index contributed by atoms with van der Waals surface area (Å²) in [5.41, 5.74) is 6.42. The molecular formula is C19H29ClN4O2. The van der Waals surface area contributed by atoms with Gasteiger partial charge < -0.3 is 9.64 Å². The summed E-state index contributed by atoms with van der Waals surface area (Å²) in [6.07, 6.45) is 3.13. The number of halogens is 1. The number of rotatable bonds is 7. The molecule has 0 aliphatic carbocycles. The van der Waals surface area contributed by atoms with E-state index in [-0.39, 0.29) is 11.9 Å². The molecule has 2 saturated heterocycles. The molecule has 26 heavy (non-hydrogen) atoms. The monoisotopic (exact) mass is 380 g/mol. The van der Waals surface area contributed by atoms with Crippen molar-refractivity contribution in [2.45, 2.75) is 38.3 Å². The summed E-state index contributed by atoms with van der Waals surface area (Å²) in [5.74, 6) is 0.951. The Bertz CT molecular complexity index is 593. The number of hydrazine groups is 1. The highest BCUT2D eigenvalue weighted by Crippen LogP contribution is 2.23. The lowest BCUT2D eigenvalue weighted by Gasteiger charge is -2.35. The predicted octanol–water partition coefficient (Wildman–Crippen LogP) is 1.90. The van der Waals surface area contributed by atoms with Gasteiger partial charge in [0.1, 0.15) is 18.4 Å². The van der Waals surface area contributed by atoms with Gasteiger partial charge in [-0.2, -0.15) is 0 Å². The minimum atomic E-state index is -0.0818. The number of nitrogens with one attached hydrogen (secondary N) is 2. The third-order valence-electron chi connectivity index (χ3n) is 5.10. The van der Waals surface area contributed by atoms with E-state index in [1.807, 2.05) is 29.2 Å². The van der Waals surface area contributed by atoms with Crippen molar-refractivity contribution in [3.8, 4) is 5.75 Å². The van der Waals surface area contributed by atoms with Gasteiger partial charge >= 0.3 is 0 Å². The van der Waals surface area contributed by atoms with Gasteiger partial charge in [-0.1, -0.05) is 37.1 Å². The number of amides is 1. The third kappa shape index (κ3) is 5.10. The van der Waals surface area contributed by atoms with Gasteiger partial charge in [-0.15, -0.1) is 0 Å². The number of hydrogen-bond acceptors (Lipinski definition) is 5. The van der Waals surface area contributed by atoms with E-state index in [0.717, 1.165) is 57.7 Å². The smallest absolute Gasteiger partial charge is 0.241 e. The van der Waals surface area contributed by atoms with Gasteiger partial charge in [-0.25, -0.2) is 5.43 Å². The van der Waals surface area contributed by atoms with Crippen LogP contribution in [0, 0.1) is 0 Å². The van der Waals surface area contributed by atoms with Crippen LogP contribution in [-0.2, 0) is 4.79 Å². The van der Waals surface area contributed by atoms with Crippen molar-refractivity contribution >= 4 is 17.5 Å². The van der Waals surface area contributed by atoms with E-state index in [1.165, 1.54) is 0 Å². The zero-order chi connectivity index (χ0) is 18.4. The predicted molar refractivity (Wildman–Crippen MR) is 103 cm³/mol. The molecule has 2 aliphatic rings. The first-order valence-electron chi connectivity index (χ1n) is 9.57. The van der Waals surface area contributed by atoms with Crippen LogP contribution in [0.5, 0.6) is 5.75 Å². The van der Waals surface area contributed by atoms with Crippen LogP contribution in [-0.4, -0.2) is 67.1 Å². The van der Waals surface area contributed by atoms with E-state index < -0.39 is 0 Å². The van der Waals surface area contributed by atoms with Crippen LogP contribution in [0.4, 0.5) is 0 Å². The lowest BCUT2D eigenvalue weighted by molar-refractivity contribution is -0.135. The van der Waals surface area contributed by atoms with Crippen molar-refractivity contribution in [1.29, 1.82) is 0 Å². The molecule has 2 N–H and O–H groups in total. The average Bonchev–Trinajstić information content (AvgIpc) is 3.12. The molecule has 0 radical (unpaired) electrons. The van der Waals surface area contributed by atoms with E-state index in [2.05, 4.69) is 22.7 Å². The second-order valence-corrected chi connectivity index (χ2v) is 7.42. The van der Waals surface area contributed by atoms with Gasteiger partial charge in [-0.3, -0.25) is 15.1 Å². The summed E-state index contributed by atoms with van der Waals surface area (Å²) in [6.45, 7) is 6.94. The number of benzene rings is 1. The van der Waals surface area contributed by atoms with Gasteiger partial charge in [0.2, 0.25) is 5.91 Å². The van der Waals surface area contributed by atoms with E-state index in [0.29, 0.717) is 17.7 Å². The number of ether oxygens (including phenoxy) is 1. The molecule has 2 fully saturated rings. The average molecular weight is 381 g/mol. The van der Waals surface area contributed by atoms with E-state index in [4.69, 9.17) is 16.3 Å². The van der Waals surface area contributed by atoms with E-state index >= 15 is 0 Å². The van der Waals surface area contributed by atoms with Crippen LogP contribution >= 0.6 is 11.6 Å². The highest BCUT2D eigenvalue weighted by molar-refractivity contribution is 6.32. The molecule has 2 heterocycles. The third-order valence-corrected chi connectivity index (χ3v) is 5.42. The summed E-state index contributed by atoms with van der Waals surface area (Å²) in [4.78, 5) is 17.0. The quantitative estimate of drug-likeness (QED) is 0.756. The molecule has 144 valence electrons. The fourth-order valence-electron chi connectivity index (χ4n) is 3.58. The highest BCUT2D eigenvalue weighted by Gasteiger charge is 2.32. The van der Waals surface area contributed by atoms with Gasteiger partial charge in [0.05, 0.1) is 5.02 Å². The van der Waals surface area contributed by atoms with Crippen molar-refractivity contribution < 1.29 is 9.53 Å². The largest absolute Gasteiger partial charge is 0.491 e. The molecule has 7 heteroatoms. The summed E-state index contributed by atoms with van der Waals surface area (Å²) >= 11 is 6.10. The minimum Gasteiger partial charge on any atom is -0.491 e. The first-order valence-corrected chi connectivity index (χ1v) is 9.94. The van der Waals surface area contributed by atoms with Crippen molar-refractivity contribution in [3.05, 3.63) is 29.3 Å². The molecule has 3 rings (SSSR count). The van der Waals surface area contributed by atoms with E-state index in [1.54, 1.807) is 0 Å². The molecule has 2 aliphatic heterocycles. The summed E-state index contributed by atoms with van der Waals surface area (Å²) in [6, 6.07) is 7.86. The maximum absolute atomic E-state index is 12.7. The topological polar surface area (TPSA) is 56.8 Å². The molecule has 6 nitrogen and oxygen atoms in total.